The number of carboxylic acid groups (broad SMARTS) is 1. The molecule has 0 atom stereocenters. The van der Waals surface area contributed by atoms with Crippen LogP contribution in [0.1, 0.15) is 38.0 Å². The molecule has 0 radical (unpaired) electrons. The maximum absolute atomic E-state index is 12.8. The fourth-order valence-corrected chi connectivity index (χ4v) is 4.17. The minimum atomic E-state index is -1.12. The molecule has 0 aliphatic carbocycles. The van der Waals surface area contributed by atoms with Crippen LogP contribution in [0.2, 0.25) is 0 Å². The van der Waals surface area contributed by atoms with Crippen LogP contribution >= 0.6 is 0 Å². The lowest BCUT2D eigenvalue weighted by Crippen LogP contribution is -2.46. The molecule has 0 saturated carbocycles. The van der Waals surface area contributed by atoms with Crippen molar-refractivity contribution in [3.8, 4) is 5.75 Å². The second kappa shape index (κ2) is 10.3. The minimum Gasteiger partial charge on any atom is -0.496 e. The first-order valence-electron chi connectivity index (χ1n) is 11.3. The van der Waals surface area contributed by atoms with Crippen molar-refractivity contribution in [1.29, 1.82) is 0 Å². The number of nitrogens with one attached hydrogen (secondary N) is 1. The lowest BCUT2D eigenvalue weighted by Gasteiger charge is -2.37. The highest BCUT2D eigenvalue weighted by Gasteiger charge is 2.21. The Bertz CT molecular complexity index is 1250. The number of ether oxygens (including phenoxy) is 1. The normalized spacial score (nSPS) is 13.3. The SMILES string of the molecule is COc1ccccc1C(=O)Nc1ccc(N2CCN(c3ccc(C(C)=O)cc3)CC2)cc1C(=O)O. The Morgan fingerprint density at radius 3 is 2.03 bits per heavy atom. The van der Waals surface area contributed by atoms with Crippen molar-refractivity contribution < 1.29 is 24.2 Å². The summed E-state index contributed by atoms with van der Waals surface area (Å²) in [5.74, 6) is -1.11. The number of Topliss-reactive ketones (excluding diaryl/α,β-unsaturated/α-hetero) is 1. The first kappa shape index (κ1) is 23.8. The molecule has 0 spiro atoms. The molecular formula is C27H27N3O5. The van der Waals surface area contributed by atoms with Gasteiger partial charge in [-0.15, -0.1) is 0 Å². The molecule has 1 heterocycles. The zero-order chi connectivity index (χ0) is 24.9. The van der Waals surface area contributed by atoms with Gasteiger partial charge in [0.1, 0.15) is 5.75 Å². The molecule has 8 nitrogen and oxygen atoms in total. The number of rotatable bonds is 7. The van der Waals surface area contributed by atoms with Crippen LogP contribution in [-0.2, 0) is 0 Å². The molecule has 1 amide bonds. The molecule has 1 aliphatic rings. The third kappa shape index (κ3) is 5.27. The summed E-state index contributed by atoms with van der Waals surface area (Å²) < 4.78 is 5.23. The zero-order valence-corrected chi connectivity index (χ0v) is 19.7. The van der Waals surface area contributed by atoms with Crippen molar-refractivity contribution in [2.45, 2.75) is 6.92 Å². The minimum absolute atomic E-state index is 0.0213. The number of nitrogens with zero attached hydrogens (tertiary/aromatic N) is 2. The van der Waals surface area contributed by atoms with Gasteiger partial charge in [-0.1, -0.05) is 12.1 Å². The fourth-order valence-electron chi connectivity index (χ4n) is 4.17. The summed E-state index contributed by atoms with van der Waals surface area (Å²) in [6, 6.07) is 19.4. The molecule has 2 N–H and O–H groups in total. The Hall–Kier alpha value is -4.33. The molecule has 0 aromatic heterocycles. The smallest absolute Gasteiger partial charge is 0.337 e. The number of aromatic carboxylic acids is 1. The highest BCUT2D eigenvalue weighted by atomic mass is 16.5. The van der Waals surface area contributed by atoms with Gasteiger partial charge in [-0.25, -0.2) is 4.79 Å². The first-order chi connectivity index (χ1) is 16.9. The summed E-state index contributed by atoms with van der Waals surface area (Å²) in [5.41, 5.74) is 3.09. The highest BCUT2D eigenvalue weighted by Crippen LogP contribution is 2.27. The van der Waals surface area contributed by atoms with Gasteiger partial charge >= 0.3 is 5.97 Å². The van der Waals surface area contributed by atoms with E-state index in [9.17, 15) is 19.5 Å². The second-order valence-corrected chi connectivity index (χ2v) is 8.27. The van der Waals surface area contributed by atoms with Gasteiger partial charge in [-0.2, -0.15) is 0 Å². The van der Waals surface area contributed by atoms with E-state index >= 15 is 0 Å². The second-order valence-electron chi connectivity index (χ2n) is 8.27. The van der Waals surface area contributed by atoms with Crippen molar-refractivity contribution in [1.82, 2.24) is 0 Å². The maximum atomic E-state index is 12.8. The van der Waals surface area contributed by atoms with Gasteiger partial charge in [0.25, 0.3) is 5.91 Å². The first-order valence-corrected chi connectivity index (χ1v) is 11.3. The molecule has 4 rings (SSSR count). The van der Waals surface area contributed by atoms with E-state index in [1.807, 2.05) is 30.3 Å². The van der Waals surface area contributed by atoms with Crippen LogP contribution in [0.25, 0.3) is 0 Å². The summed E-state index contributed by atoms with van der Waals surface area (Å²) in [6.45, 7) is 4.48. The van der Waals surface area contributed by atoms with Crippen LogP contribution in [0, 0.1) is 0 Å². The summed E-state index contributed by atoms with van der Waals surface area (Å²) >= 11 is 0. The van der Waals surface area contributed by atoms with Crippen LogP contribution in [0.3, 0.4) is 0 Å². The third-order valence-corrected chi connectivity index (χ3v) is 6.12. The van der Waals surface area contributed by atoms with Gasteiger partial charge in [-0.3, -0.25) is 9.59 Å². The maximum Gasteiger partial charge on any atom is 0.337 e. The Morgan fingerprint density at radius 2 is 1.43 bits per heavy atom. The van der Waals surface area contributed by atoms with Crippen molar-refractivity contribution in [3.05, 3.63) is 83.4 Å². The Kier molecular flexibility index (Phi) is 7.01. The Labute approximate surface area is 203 Å². The number of carbonyl (C=O) groups excluding carboxylic acids is 2. The molecule has 1 aliphatic heterocycles. The lowest BCUT2D eigenvalue weighted by atomic mass is 10.1. The number of carboxylic acids is 1. The monoisotopic (exact) mass is 473 g/mol. The van der Waals surface area contributed by atoms with Crippen molar-refractivity contribution in [3.63, 3.8) is 0 Å². The molecular weight excluding hydrogens is 446 g/mol. The summed E-state index contributed by atoms with van der Waals surface area (Å²) in [7, 11) is 1.48. The van der Waals surface area contributed by atoms with Gasteiger partial charge in [0.2, 0.25) is 0 Å². The van der Waals surface area contributed by atoms with Crippen molar-refractivity contribution in [2.24, 2.45) is 0 Å². The highest BCUT2D eigenvalue weighted by molar-refractivity contribution is 6.09. The van der Waals surface area contributed by atoms with Gasteiger partial charge in [0.15, 0.2) is 5.78 Å². The molecule has 1 saturated heterocycles. The van der Waals surface area contributed by atoms with E-state index < -0.39 is 11.9 Å². The summed E-state index contributed by atoms with van der Waals surface area (Å²) in [4.78, 5) is 40.6. The average molecular weight is 474 g/mol. The lowest BCUT2D eigenvalue weighted by molar-refractivity contribution is 0.0697. The number of hydrogen-bond acceptors (Lipinski definition) is 6. The van der Waals surface area contributed by atoms with Gasteiger partial charge in [0, 0.05) is 43.1 Å². The van der Waals surface area contributed by atoms with E-state index in [4.69, 9.17) is 4.74 Å². The molecule has 1 fully saturated rings. The number of amides is 1. The van der Waals surface area contributed by atoms with Crippen molar-refractivity contribution >= 4 is 34.7 Å². The third-order valence-electron chi connectivity index (χ3n) is 6.12. The van der Waals surface area contributed by atoms with Crippen LogP contribution in [0.4, 0.5) is 17.1 Å². The summed E-state index contributed by atoms with van der Waals surface area (Å²) in [6.07, 6.45) is 0. The number of piperazine rings is 1. The number of ketones is 1. The average Bonchev–Trinajstić information content (AvgIpc) is 2.89. The Balaban J connectivity index is 1.47. The van der Waals surface area contributed by atoms with E-state index in [0.717, 1.165) is 24.5 Å². The predicted octanol–water partition coefficient (Wildman–Crippen LogP) is 4.17. The predicted molar refractivity (Wildman–Crippen MR) is 135 cm³/mol. The molecule has 0 unspecified atom stereocenters. The van der Waals surface area contributed by atoms with Crippen LogP contribution in [0.5, 0.6) is 5.75 Å². The van der Waals surface area contributed by atoms with E-state index in [2.05, 4.69) is 15.1 Å². The molecule has 3 aromatic rings. The van der Waals surface area contributed by atoms with E-state index in [1.54, 1.807) is 43.3 Å². The van der Waals surface area contributed by atoms with E-state index in [0.29, 0.717) is 30.0 Å². The van der Waals surface area contributed by atoms with Crippen LogP contribution < -0.4 is 19.9 Å². The van der Waals surface area contributed by atoms with Gasteiger partial charge in [0.05, 0.1) is 23.9 Å². The van der Waals surface area contributed by atoms with Gasteiger partial charge in [-0.05, 0) is 61.5 Å². The fraction of sp³-hybridized carbons (Fsp3) is 0.222. The Morgan fingerprint density at radius 1 is 0.829 bits per heavy atom. The molecule has 8 heteroatoms. The molecule has 3 aromatic carbocycles. The number of methoxy groups -OCH3 is 1. The quantitative estimate of drug-likeness (QED) is 0.497. The number of anilines is 3. The molecule has 180 valence electrons. The number of hydrogen-bond donors (Lipinski definition) is 2. The van der Waals surface area contributed by atoms with E-state index in [-0.39, 0.29) is 17.0 Å². The van der Waals surface area contributed by atoms with Crippen LogP contribution in [0.15, 0.2) is 66.7 Å². The standard InChI is InChI=1S/C27H27N3O5/c1-18(31)19-7-9-20(10-8-19)29-13-15-30(16-14-29)21-11-12-24(23(17-21)27(33)34)28-26(32)22-5-3-4-6-25(22)35-2/h3-12,17H,13-16H2,1-2H3,(H,28,32)(H,33,34). The number of para-hydroxylation sites is 1. The largest absolute Gasteiger partial charge is 0.496 e. The molecule has 0 bridgehead atoms. The number of carbonyl (C=O) groups is 3. The van der Waals surface area contributed by atoms with Crippen LogP contribution in [-0.4, -0.2) is 56.1 Å². The van der Waals surface area contributed by atoms with Gasteiger partial charge < -0.3 is 25.0 Å². The zero-order valence-electron chi connectivity index (χ0n) is 19.7. The van der Waals surface area contributed by atoms with Crippen molar-refractivity contribution in [2.75, 3.05) is 48.4 Å². The number of benzene rings is 3. The molecule has 35 heavy (non-hydrogen) atoms. The topological polar surface area (TPSA) is 99.2 Å². The van der Waals surface area contributed by atoms with E-state index in [1.165, 1.54) is 7.11 Å². The summed E-state index contributed by atoms with van der Waals surface area (Å²) in [5, 5.41) is 12.5.